The van der Waals surface area contributed by atoms with Gasteiger partial charge in [0.2, 0.25) is 0 Å². The van der Waals surface area contributed by atoms with Crippen molar-refractivity contribution in [3.63, 3.8) is 0 Å². The van der Waals surface area contributed by atoms with Crippen molar-refractivity contribution in [1.29, 1.82) is 0 Å². The first-order valence-corrected chi connectivity index (χ1v) is 18.0. The minimum Gasteiger partial charge on any atom is -0.0622 e. The van der Waals surface area contributed by atoms with Gasteiger partial charge in [0.1, 0.15) is 0 Å². The average molecular weight is 659 g/mol. The molecule has 0 unspecified atom stereocenters. The molecule has 0 aliphatic carbocycles. The Kier molecular flexibility index (Phi) is 7.25. The van der Waals surface area contributed by atoms with Crippen LogP contribution in [0.5, 0.6) is 0 Å². The second kappa shape index (κ2) is 12.5. The molecule has 0 nitrogen and oxygen atoms in total. The fraction of sp³-hybridized carbons (Fsp3) is 0. The smallest absolute Gasteiger partial charge is 0.00201 e. The molecule has 0 N–H and O–H groups in total. The topological polar surface area (TPSA) is 0 Å². The molecule has 242 valence electrons. The molecule has 0 heteroatoms. The second-order valence-electron chi connectivity index (χ2n) is 13.6. The Balaban J connectivity index is 1.19. The van der Waals surface area contributed by atoms with Gasteiger partial charge in [-0.25, -0.2) is 0 Å². The van der Waals surface area contributed by atoms with Crippen molar-refractivity contribution in [3.8, 4) is 55.6 Å². The Morgan fingerprint density at radius 3 is 1.19 bits per heavy atom. The van der Waals surface area contributed by atoms with E-state index in [4.69, 9.17) is 0 Å². The lowest BCUT2D eigenvalue weighted by molar-refractivity contribution is 1.59. The largest absolute Gasteiger partial charge is 0.0622 e. The first-order valence-electron chi connectivity index (χ1n) is 18.0. The normalized spacial score (nSPS) is 11.5. The van der Waals surface area contributed by atoms with Crippen LogP contribution in [-0.4, -0.2) is 0 Å². The van der Waals surface area contributed by atoms with Crippen LogP contribution in [0, 0.1) is 0 Å². The third-order valence-electron chi connectivity index (χ3n) is 10.7. The molecule has 10 aromatic rings. The monoisotopic (exact) mass is 658 g/mol. The zero-order chi connectivity index (χ0) is 34.4. The first-order chi connectivity index (χ1) is 25.8. The standard InChI is InChI=1S/C52H34/c1-3-15-36(16-4-1)41-19-7-8-20-42(41)38-29-27-35-28-30-39(34-40(35)33-38)51-46-23-11-13-25-48(46)52(49-26-14-12-24-47(49)51)50-32-31-43(37-17-5-2-6-18-37)44-21-9-10-22-45(44)50/h1-34H. The van der Waals surface area contributed by atoms with E-state index >= 15 is 0 Å². The first kappa shape index (κ1) is 30.1. The molecular weight excluding hydrogens is 625 g/mol. The molecule has 0 bridgehead atoms. The van der Waals surface area contributed by atoms with E-state index in [0.717, 1.165) is 0 Å². The lowest BCUT2D eigenvalue weighted by Gasteiger charge is -2.20. The molecule has 10 rings (SSSR count). The highest BCUT2D eigenvalue weighted by molar-refractivity contribution is 6.24. The van der Waals surface area contributed by atoms with Crippen molar-refractivity contribution in [1.82, 2.24) is 0 Å². The number of benzene rings is 10. The van der Waals surface area contributed by atoms with E-state index < -0.39 is 0 Å². The van der Waals surface area contributed by atoms with Gasteiger partial charge in [-0.1, -0.05) is 194 Å². The molecule has 0 saturated carbocycles. The summed E-state index contributed by atoms with van der Waals surface area (Å²) in [6, 6.07) is 75.5. The van der Waals surface area contributed by atoms with Gasteiger partial charge in [0.05, 0.1) is 0 Å². The second-order valence-corrected chi connectivity index (χ2v) is 13.6. The maximum absolute atomic E-state index is 2.39. The quantitative estimate of drug-likeness (QED) is 0.161. The number of rotatable bonds is 5. The third-order valence-corrected chi connectivity index (χ3v) is 10.7. The van der Waals surface area contributed by atoms with Crippen molar-refractivity contribution in [2.24, 2.45) is 0 Å². The van der Waals surface area contributed by atoms with E-state index in [1.165, 1.54) is 98.7 Å². The average Bonchev–Trinajstić information content (AvgIpc) is 3.23. The zero-order valence-electron chi connectivity index (χ0n) is 28.6. The molecule has 0 spiro atoms. The molecule has 52 heavy (non-hydrogen) atoms. The highest BCUT2D eigenvalue weighted by Crippen LogP contribution is 2.47. The molecule has 0 atom stereocenters. The summed E-state index contributed by atoms with van der Waals surface area (Å²) < 4.78 is 0. The maximum Gasteiger partial charge on any atom is -0.00201 e. The van der Waals surface area contributed by atoms with Gasteiger partial charge in [-0.2, -0.15) is 0 Å². The molecule has 0 radical (unpaired) electrons. The minimum absolute atomic E-state index is 1.22. The van der Waals surface area contributed by atoms with Crippen LogP contribution in [0.15, 0.2) is 206 Å². The van der Waals surface area contributed by atoms with Gasteiger partial charge in [0, 0.05) is 0 Å². The Bertz CT molecular complexity index is 2880. The van der Waals surface area contributed by atoms with E-state index in [0.29, 0.717) is 0 Å². The summed E-state index contributed by atoms with van der Waals surface area (Å²) in [5.41, 5.74) is 12.5. The van der Waals surface area contributed by atoms with E-state index in [1.54, 1.807) is 0 Å². The molecule has 10 aromatic carbocycles. The molecule has 0 aliphatic heterocycles. The van der Waals surface area contributed by atoms with Gasteiger partial charge in [-0.05, 0) is 111 Å². The van der Waals surface area contributed by atoms with Crippen LogP contribution in [0.25, 0.3) is 98.7 Å². The molecule has 0 fully saturated rings. The van der Waals surface area contributed by atoms with Gasteiger partial charge in [-0.15, -0.1) is 0 Å². The highest BCUT2D eigenvalue weighted by atomic mass is 14.2. The number of hydrogen-bond acceptors (Lipinski definition) is 0. The van der Waals surface area contributed by atoms with Gasteiger partial charge in [0.25, 0.3) is 0 Å². The Morgan fingerprint density at radius 2 is 0.596 bits per heavy atom. The van der Waals surface area contributed by atoms with Gasteiger partial charge in [-0.3, -0.25) is 0 Å². The highest BCUT2D eigenvalue weighted by Gasteiger charge is 2.19. The molecular formula is C52H34. The fourth-order valence-electron chi connectivity index (χ4n) is 8.29. The zero-order valence-corrected chi connectivity index (χ0v) is 28.6. The summed E-state index contributed by atoms with van der Waals surface area (Å²) in [6.07, 6.45) is 0. The van der Waals surface area contributed by atoms with E-state index in [2.05, 4.69) is 206 Å². The van der Waals surface area contributed by atoms with Crippen molar-refractivity contribution >= 4 is 43.1 Å². The summed E-state index contributed by atoms with van der Waals surface area (Å²) in [6.45, 7) is 0. The van der Waals surface area contributed by atoms with E-state index in [-0.39, 0.29) is 0 Å². The van der Waals surface area contributed by atoms with Crippen LogP contribution < -0.4 is 0 Å². The minimum atomic E-state index is 1.22. The Hall–Kier alpha value is -6.76. The SMILES string of the molecule is c1ccc(-c2ccccc2-c2ccc3ccc(-c4c5ccccc5c(-c5ccc(-c6ccccc6)c6ccccc56)c5ccccc45)cc3c2)cc1. The molecule has 0 aliphatic rings. The summed E-state index contributed by atoms with van der Waals surface area (Å²) in [7, 11) is 0. The van der Waals surface area contributed by atoms with Crippen LogP contribution in [0.4, 0.5) is 0 Å². The molecule has 0 saturated heterocycles. The van der Waals surface area contributed by atoms with Crippen molar-refractivity contribution < 1.29 is 0 Å². The van der Waals surface area contributed by atoms with Crippen LogP contribution in [0.1, 0.15) is 0 Å². The van der Waals surface area contributed by atoms with Crippen molar-refractivity contribution in [3.05, 3.63) is 206 Å². The van der Waals surface area contributed by atoms with Crippen LogP contribution >= 0.6 is 0 Å². The number of fused-ring (bicyclic) bond motifs is 4. The molecule has 0 heterocycles. The predicted molar refractivity (Wildman–Crippen MR) is 224 cm³/mol. The number of hydrogen-bond donors (Lipinski definition) is 0. The maximum atomic E-state index is 2.39. The Labute approximate surface area is 303 Å². The lowest BCUT2D eigenvalue weighted by Crippen LogP contribution is -1.92. The molecule has 0 amide bonds. The van der Waals surface area contributed by atoms with Crippen LogP contribution in [-0.2, 0) is 0 Å². The predicted octanol–water partition coefficient (Wildman–Crippen LogP) is 14.6. The third kappa shape index (κ3) is 5.00. The lowest BCUT2D eigenvalue weighted by atomic mass is 9.83. The molecule has 0 aromatic heterocycles. The van der Waals surface area contributed by atoms with E-state index in [9.17, 15) is 0 Å². The van der Waals surface area contributed by atoms with Gasteiger partial charge in [0.15, 0.2) is 0 Å². The van der Waals surface area contributed by atoms with Crippen LogP contribution in [0.2, 0.25) is 0 Å². The van der Waals surface area contributed by atoms with E-state index in [1.807, 2.05) is 0 Å². The summed E-state index contributed by atoms with van der Waals surface area (Å²) in [4.78, 5) is 0. The van der Waals surface area contributed by atoms with Crippen molar-refractivity contribution in [2.75, 3.05) is 0 Å². The van der Waals surface area contributed by atoms with Gasteiger partial charge < -0.3 is 0 Å². The van der Waals surface area contributed by atoms with Crippen molar-refractivity contribution in [2.45, 2.75) is 0 Å². The summed E-state index contributed by atoms with van der Waals surface area (Å²) in [5, 5.41) is 10.1. The summed E-state index contributed by atoms with van der Waals surface area (Å²) >= 11 is 0. The van der Waals surface area contributed by atoms with Gasteiger partial charge >= 0.3 is 0 Å². The Morgan fingerprint density at radius 1 is 0.192 bits per heavy atom. The summed E-state index contributed by atoms with van der Waals surface area (Å²) in [5.74, 6) is 0. The fourth-order valence-corrected chi connectivity index (χ4v) is 8.29. The van der Waals surface area contributed by atoms with Crippen LogP contribution in [0.3, 0.4) is 0 Å².